The van der Waals surface area contributed by atoms with Gasteiger partial charge in [0, 0.05) is 17.7 Å². The molecule has 2 aromatic rings. The summed E-state index contributed by atoms with van der Waals surface area (Å²) >= 11 is 0. The van der Waals surface area contributed by atoms with Gasteiger partial charge in [0.05, 0.1) is 31.3 Å². The molecule has 0 aliphatic rings. The van der Waals surface area contributed by atoms with Crippen LogP contribution in [-0.2, 0) is 10.0 Å². The first-order chi connectivity index (χ1) is 13.3. The zero-order chi connectivity index (χ0) is 20.7. The quantitative estimate of drug-likeness (QED) is 0.662. The maximum Gasteiger partial charge on any atom is 0.255 e. The Morgan fingerprint density at radius 2 is 1.57 bits per heavy atom. The van der Waals surface area contributed by atoms with E-state index < -0.39 is 10.0 Å². The lowest BCUT2D eigenvalue weighted by Crippen LogP contribution is -2.19. The van der Waals surface area contributed by atoms with Gasteiger partial charge in [-0.3, -0.25) is 9.52 Å². The number of hydrogen-bond acceptors (Lipinski definition) is 5. The van der Waals surface area contributed by atoms with E-state index in [0.29, 0.717) is 23.4 Å². The lowest BCUT2D eigenvalue weighted by molar-refractivity contribution is 0.102. The molecule has 152 valence electrons. The number of anilines is 2. The highest BCUT2D eigenvalue weighted by Gasteiger charge is 2.19. The molecule has 0 aliphatic carbocycles. The van der Waals surface area contributed by atoms with E-state index in [-0.39, 0.29) is 29.0 Å². The molecule has 2 rings (SSSR count). The predicted molar refractivity (Wildman–Crippen MR) is 111 cm³/mol. The number of nitrogens with one attached hydrogen (secondary N) is 2. The molecule has 0 saturated carbocycles. The average Bonchev–Trinajstić information content (AvgIpc) is 2.67. The van der Waals surface area contributed by atoms with Gasteiger partial charge < -0.3 is 14.8 Å². The molecule has 0 radical (unpaired) electrons. The summed E-state index contributed by atoms with van der Waals surface area (Å²) in [7, 11) is -0.670. The van der Waals surface area contributed by atoms with Gasteiger partial charge in [-0.2, -0.15) is 0 Å². The Balaban J connectivity index is 2.29. The minimum Gasteiger partial charge on any atom is -0.494 e. The van der Waals surface area contributed by atoms with Gasteiger partial charge in [0.1, 0.15) is 11.5 Å². The van der Waals surface area contributed by atoms with Crippen LogP contribution in [0.3, 0.4) is 0 Å². The van der Waals surface area contributed by atoms with Crippen molar-refractivity contribution in [2.24, 2.45) is 5.92 Å². The van der Waals surface area contributed by atoms with Crippen molar-refractivity contribution in [2.45, 2.75) is 20.3 Å². The van der Waals surface area contributed by atoms with Crippen molar-refractivity contribution in [3.05, 3.63) is 48.0 Å². The molecule has 0 aromatic heterocycles. The topological polar surface area (TPSA) is 93.7 Å². The Bertz CT molecular complexity index is 912. The first-order valence-electron chi connectivity index (χ1n) is 8.88. The second kappa shape index (κ2) is 9.45. The summed E-state index contributed by atoms with van der Waals surface area (Å²) in [5, 5.41) is 2.76. The van der Waals surface area contributed by atoms with Crippen LogP contribution in [-0.4, -0.2) is 34.3 Å². The van der Waals surface area contributed by atoms with Gasteiger partial charge in [-0.1, -0.05) is 32.0 Å². The van der Waals surface area contributed by atoms with E-state index in [4.69, 9.17) is 9.47 Å². The molecule has 0 aliphatic heterocycles. The Hall–Kier alpha value is -2.74. The van der Waals surface area contributed by atoms with E-state index in [2.05, 4.69) is 10.0 Å². The second-order valence-corrected chi connectivity index (χ2v) is 8.52. The summed E-state index contributed by atoms with van der Waals surface area (Å²) in [5.41, 5.74) is 1.11. The molecule has 1 amide bonds. The number of rotatable bonds is 9. The number of benzene rings is 2. The Labute approximate surface area is 166 Å². The van der Waals surface area contributed by atoms with Crippen molar-refractivity contribution in [2.75, 3.05) is 30.0 Å². The Morgan fingerprint density at radius 1 is 1.00 bits per heavy atom. The van der Waals surface area contributed by atoms with E-state index >= 15 is 0 Å². The minimum absolute atomic E-state index is 0.00261. The third-order valence-electron chi connectivity index (χ3n) is 4.04. The fourth-order valence-electron chi connectivity index (χ4n) is 2.47. The van der Waals surface area contributed by atoms with Gasteiger partial charge >= 0.3 is 0 Å². The van der Waals surface area contributed by atoms with Gasteiger partial charge in [0.15, 0.2) is 0 Å². The normalized spacial score (nSPS) is 11.2. The molecule has 8 heteroatoms. The van der Waals surface area contributed by atoms with Gasteiger partial charge in [-0.05, 0) is 24.5 Å². The molecule has 0 spiro atoms. The fourth-order valence-corrected chi connectivity index (χ4v) is 3.85. The molecule has 0 bridgehead atoms. The Kier molecular flexibility index (Phi) is 7.28. The van der Waals surface area contributed by atoms with Gasteiger partial charge in [0.25, 0.3) is 5.91 Å². The monoisotopic (exact) mass is 406 g/mol. The fraction of sp³-hybridized carbons (Fsp3) is 0.350. The lowest BCUT2D eigenvalue weighted by Gasteiger charge is -2.17. The maximum absolute atomic E-state index is 12.4. The van der Waals surface area contributed by atoms with Crippen molar-refractivity contribution in [1.82, 2.24) is 0 Å². The SMILES string of the molecule is COc1cc(NS(=O)(=O)CCC(C)C)c(OC)cc1NC(=O)c1ccccc1. The van der Waals surface area contributed by atoms with E-state index in [0.717, 1.165) is 0 Å². The number of carbonyl (C=O) groups excluding carboxylic acids is 1. The molecule has 28 heavy (non-hydrogen) atoms. The number of carbonyl (C=O) groups is 1. The molecule has 0 heterocycles. The number of methoxy groups -OCH3 is 2. The molecular formula is C20H26N2O5S. The summed E-state index contributed by atoms with van der Waals surface area (Å²) in [6.07, 6.45) is 0.542. The third-order valence-corrected chi connectivity index (χ3v) is 5.34. The molecule has 0 atom stereocenters. The number of amides is 1. The zero-order valence-corrected chi connectivity index (χ0v) is 17.3. The van der Waals surface area contributed by atoms with Crippen LogP contribution in [0.4, 0.5) is 11.4 Å². The first-order valence-corrected chi connectivity index (χ1v) is 10.5. The van der Waals surface area contributed by atoms with Crippen LogP contribution >= 0.6 is 0 Å². The van der Waals surface area contributed by atoms with Crippen LogP contribution in [0.2, 0.25) is 0 Å². The molecule has 0 saturated heterocycles. The highest BCUT2D eigenvalue weighted by Crippen LogP contribution is 2.37. The van der Waals surface area contributed by atoms with E-state index in [1.165, 1.54) is 26.4 Å². The summed E-state index contributed by atoms with van der Waals surface area (Å²) in [5.74, 6) is 0.543. The van der Waals surface area contributed by atoms with E-state index in [9.17, 15) is 13.2 Å². The highest BCUT2D eigenvalue weighted by molar-refractivity contribution is 7.92. The van der Waals surface area contributed by atoms with E-state index in [1.54, 1.807) is 24.3 Å². The highest BCUT2D eigenvalue weighted by atomic mass is 32.2. The van der Waals surface area contributed by atoms with Crippen LogP contribution < -0.4 is 19.5 Å². The van der Waals surface area contributed by atoms with E-state index in [1.807, 2.05) is 19.9 Å². The van der Waals surface area contributed by atoms with Gasteiger partial charge in [-0.15, -0.1) is 0 Å². The predicted octanol–water partition coefficient (Wildman–Crippen LogP) is 3.74. The third kappa shape index (κ3) is 5.88. The van der Waals surface area contributed by atoms with Crippen molar-refractivity contribution in [3.8, 4) is 11.5 Å². The van der Waals surface area contributed by atoms with Crippen molar-refractivity contribution in [3.63, 3.8) is 0 Å². The van der Waals surface area contributed by atoms with Gasteiger partial charge in [0.2, 0.25) is 10.0 Å². The lowest BCUT2D eigenvalue weighted by atomic mass is 10.2. The standard InChI is InChI=1S/C20H26N2O5S/c1-14(2)10-11-28(24,25)22-17-13-18(26-3)16(12-19(17)27-4)21-20(23)15-8-6-5-7-9-15/h5-9,12-14,22H,10-11H2,1-4H3,(H,21,23). The average molecular weight is 407 g/mol. The van der Waals surface area contributed by atoms with Gasteiger partial charge in [-0.25, -0.2) is 8.42 Å². The molecule has 2 N–H and O–H groups in total. The molecule has 2 aromatic carbocycles. The zero-order valence-electron chi connectivity index (χ0n) is 16.5. The summed E-state index contributed by atoms with van der Waals surface area (Å²) in [6.45, 7) is 3.92. The van der Waals surface area contributed by atoms with Crippen LogP contribution in [0.15, 0.2) is 42.5 Å². The summed E-state index contributed by atoms with van der Waals surface area (Å²) in [4.78, 5) is 12.4. The first kappa shape index (κ1) is 21.6. The summed E-state index contributed by atoms with van der Waals surface area (Å²) < 4.78 is 37.9. The maximum atomic E-state index is 12.4. The number of hydrogen-bond donors (Lipinski definition) is 2. The number of sulfonamides is 1. The van der Waals surface area contributed by atoms with Crippen LogP contribution in [0.25, 0.3) is 0 Å². The van der Waals surface area contributed by atoms with Crippen LogP contribution in [0, 0.1) is 5.92 Å². The smallest absolute Gasteiger partial charge is 0.255 e. The molecule has 0 unspecified atom stereocenters. The largest absolute Gasteiger partial charge is 0.494 e. The molecular weight excluding hydrogens is 380 g/mol. The molecule has 7 nitrogen and oxygen atoms in total. The minimum atomic E-state index is -3.54. The van der Waals surface area contributed by atoms with Crippen LogP contribution in [0.5, 0.6) is 11.5 Å². The Morgan fingerprint density at radius 3 is 2.14 bits per heavy atom. The second-order valence-electron chi connectivity index (χ2n) is 6.68. The van der Waals surface area contributed by atoms with Crippen molar-refractivity contribution in [1.29, 1.82) is 0 Å². The van der Waals surface area contributed by atoms with Crippen molar-refractivity contribution < 1.29 is 22.7 Å². The molecule has 0 fully saturated rings. The van der Waals surface area contributed by atoms with Crippen LogP contribution in [0.1, 0.15) is 30.6 Å². The van der Waals surface area contributed by atoms with Crippen molar-refractivity contribution >= 4 is 27.3 Å². The number of ether oxygens (including phenoxy) is 2. The summed E-state index contributed by atoms with van der Waals surface area (Å²) in [6, 6.07) is 11.8.